The molecule has 0 bridgehead atoms. The Morgan fingerprint density at radius 2 is 1.74 bits per heavy atom. The molecule has 1 aliphatic rings. The highest BCUT2D eigenvalue weighted by molar-refractivity contribution is 5.89. The summed E-state index contributed by atoms with van der Waals surface area (Å²) < 4.78 is 0. The van der Waals surface area contributed by atoms with Crippen molar-refractivity contribution in [2.45, 2.75) is 45.6 Å². The topological polar surface area (TPSA) is 61.4 Å². The van der Waals surface area contributed by atoms with Gasteiger partial charge in [0.25, 0.3) is 0 Å². The molecule has 0 unspecified atom stereocenters. The van der Waals surface area contributed by atoms with Gasteiger partial charge in [0.15, 0.2) is 0 Å². The van der Waals surface area contributed by atoms with Crippen LogP contribution in [-0.4, -0.2) is 36.0 Å². The quantitative estimate of drug-likeness (QED) is 0.876. The Morgan fingerprint density at radius 3 is 2.30 bits per heavy atom. The molecule has 1 fully saturated rings. The predicted octanol–water partition coefficient (Wildman–Crippen LogP) is 3.24. The second-order valence-electron chi connectivity index (χ2n) is 6.08. The minimum Gasteiger partial charge on any atom is -0.353 e. The smallest absolute Gasteiger partial charge is 0.321 e. The summed E-state index contributed by atoms with van der Waals surface area (Å²) in [5.74, 6) is 0.261. The van der Waals surface area contributed by atoms with Crippen LogP contribution in [0.15, 0.2) is 30.3 Å². The second kappa shape index (κ2) is 8.56. The van der Waals surface area contributed by atoms with E-state index in [0.717, 1.165) is 31.4 Å². The Morgan fingerprint density at radius 1 is 1.13 bits per heavy atom. The van der Waals surface area contributed by atoms with E-state index >= 15 is 0 Å². The van der Waals surface area contributed by atoms with E-state index in [-0.39, 0.29) is 23.9 Å². The van der Waals surface area contributed by atoms with Gasteiger partial charge in [-0.05, 0) is 37.8 Å². The molecule has 1 aliphatic heterocycles. The Balaban J connectivity index is 1.77. The Labute approximate surface area is 138 Å². The molecule has 0 aliphatic carbocycles. The molecule has 0 aromatic heterocycles. The number of rotatable bonds is 5. The maximum absolute atomic E-state index is 12.2. The summed E-state index contributed by atoms with van der Waals surface area (Å²) in [5, 5.41) is 6.04. The number of likely N-dealkylation sites (tertiary alicyclic amines) is 1. The first kappa shape index (κ1) is 17.3. The molecule has 1 saturated heterocycles. The molecule has 0 saturated carbocycles. The van der Waals surface area contributed by atoms with Crippen molar-refractivity contribution in [1.82, 2.24) is 10.2 Å². The summed E-state index contributed by atoms with van der Waals surface area (Å²) in [7, 11) is 0. The largest absolute Gasteiger partial charge is 0.353 e. The summed E-state index contributed by atoms with van der Waals surface area (Å²) in [5.41, 5.74) is 0.807. The number of hydrogen-bond donors (Lipinski definition) is 2. The van der Waals surface area contributed by atoms with Crippen LogP contribution in [-0.2, 0) is 4.79 Å². The van der Waals surface area contributed by atoms with E-state index in [1.165, 1.54) is 0 Å². The highest BCUT2D eigenvalue weighted by Gasteiger charge is 2.25. The van der Waals surface area contributed by atoms with Gasteiger partial charge in [0.05, 0.1) is 0 Å². The summed E-state index contributed by atoms with van der Waals surface area (Å²) >= 11 is 0. The maximum atomic E-state index is 12.2. The van der Waals surface area contributed by atoms with Gasteiger partial charge in [0, 0.05) is 30.7 Å². The van der Waals surface area contributed by atoms with E-state index in [0.29, 0.717) is 13.1 Å². The summed E-state index contributed by atoms with van der Waals surface area (Å²) in [6, 6.07) is 9.58. The van der Waals surface area contributed by atoms with E-state index in [1.54, 1.807) is 0 Å². The van der Waals surface area contributed by atoms with Gasteiger partial charge < -0.3 is 15.5 Å². The van der Waals surface area contributed by atoms with Gasteiger partial charge in [0.1, 0.15) is 0 Å². The third kappa shape index (κ3) is 4.98. The molecular weight excluding hydrogens is 290 g/mol. The van der Waals surface area contributed by atoms with Gasteiger partial charge in [-0.15, -0.1) is 0 Å². The first-order valence-electron chi connectivity index (χ1n) is 8.55. The van der Waals surface area contributed by atoms with Crippen molar-refractivity contribution in [1.29, 1.82) is 0 Å². The molecule has 0 atom stereocenters. The lowest BCUT2D eigenvalue weighted by Gasteiger charge is -2.33. The molecule has 1 aromatic rings. The number of hydrogen-bond acceptors (Lipinski definition) is 2. The molecule has 0 spiro atoms. The average molecular weight is 317 g/mol. The third-order valence-corrected chi connectivity index (χ3v) is 4.51. The summed E-state index contributed by atoms with van der Waals surface area (Å²) in [4.78, 5) is 26.2. The van der Waals surface area contributed by atoms with Crippen molar-refractivity contribution in [3.8, 4) is 0 Å². The number of nitrogens with one attached hydrogen (secondary N) is 2. The molecular formula is C18H27N3O2. The van der Waals surface area contributed by atoms with E-state index in [9.17, 15) is 9.59 Å². The fourth-order valence-corrected chi connectivity index (χ4v) is 2.93. The van der Waals surface area contributed by atoms with Crippen LogP contribution < -0.4 is 10.6 Å². The fraction of sp³-hybridized carbons (Fsp3) is 0.556. The van der Waals surface area contributed by atoms with E-state index in [4.69, 9.17) is 0 Å². The predicted molar refractivity (Wildman–Crippen MR) is 92.3 cm³/mol. The van der Waals surface area contributed by atoms with E-state index in [2.05, 4.69) is 10.6 Å². The van der Waals surface area contributed by atoms with E-state index < -0.39 is 0 Å². The molecule has 2 rings (SSSR count). The van der Waals surface area contributed by atoms with Crippen molar-refractivity contribution in [3.63, 3.8) is 0 Å². The third-order valence-electron chi connectivity index (χ3n) is 4.51. The molecule has 23 heavy (non-hydrogen) atoms. The number of benzene rings is 1. The zero-order chi connectivity index (χ0) is 16.7. The molecule has 126 valence electrons. The standard InChI is InChI=1S/C18H27N3O2/c1-3-14(4-2)17(22)19-16-10-12-21(13-11-16)18(23)20-15-8-6-5-7-9-15/h5-9,14,16H,3-4,10-13H2,1-2H3,(H,19,22)(H,20,23). The zero-order valence-corrected chi connectivity index (χ0v) is 14.0. The Kier molecular flexibility index (Phi) is 6.44. The average Bonchev–Trinajstić information content (AvgIpc) is 2.57. The van der Waals surface area contributed by atoms with Crippen LogP contribution in [0.3, 0.4) is 0 Å². The lowest BCUT2D eigenvalue weighted by molar-refractivity contribution is -0.126. The minimum atomic E-state index is -0.0685. The number of nitrogens with zero attached hydrogens (tertiary/aromatic N) is 1. The van der Waals surface area contributed by atoms with Crippen LogP contribution in [0.25, 0.3) is 0 Å². The van der Waals surface area contributed by atoms with Gasteiger partial charge in [0.2, 0.25) is 5.91 Å². The van der Waals surface area contributed by atoms with Crippen LogP contribution in [0.5, 0.6) is 0 Å². The van der Waals surface area contributed by atoms with Crippen LogP contribution in [0.4, 0.5) is 10.5 Å². The Hall–Kier alpha value is -2.04. The number of carbonyl (C=O) groups is 2. The normalized spacial score (nSPS) is 15.5. The number of para-hydroxylation sites is 1. The molecule has 1 heterocycles. The molecule has 1 aromatic carbocycles. The van der Waals surface area contributed by atoms with Gasteiger partial charge >= 0.3 is 6.03 Å². The number of urea groups is 1. The van der Waals surface area contributed by atoms with Gasteiger partial charge in [-0.1, -0.05) is 32.0 Å². The molecule has 0 radical (unpaired) electrons. The number of carbonyl (C=O) groups excluding carboxylic acids is 2. The molecule has 5 nitrogen and oxygen atoms in total. The molecule has 2 N–H and O–H groups in total. The molecule has 5 heteroatoms. The second-order valence-corrected chi connectivity index (χ2v) is 6.08. The van der Waals surface area contributed by atoms with Crippen LogP contribution in [0.2, 0.25) is 0 Å². The minimum absolute atomic E-state index is 0.0685. The highest BCUT2D eigenvalue weighted by atomic mass is 16.2. The van der Waals surface area contributed by atoms with E-state index in [1.807, 2.05) is 49.1 Å². The number of piperidine rings is 1. The van der Waals surface area contributed by atoms with Gasteiger partial charge in [-0.3, -0.25) is 4.79 Å². The van der Waals surface area contributed by atoms with Crippen LogP contribution in [0, 0.1) is 5.92 Å². The van der Waals surface area contributed by atoms with Crippen LogP contribution >= 0.6 is 0 Å². The zero-order valence-electron chi connectivity index (χ0n) is 14.0. The SMILES string of the molecule is CCC(CC)C(=O)NC1CCN(C(=O)Nc2ccccc2)CC1. The van der Waals surface area contributed by atoms with Crippen molar-refractivity contribution >= 4 is 17.6 Å². The van der Waals surface area contributed by atoms with Gasteiger partial charge in [-0.2, -0.15) is 0 Å². The van der Waals surface area contributed by atoms with Crippen molar-refractivity contribution in [2.24, 2.45) is 5.92 Å². The van der Waals surface area contributed by atoms with Crippen molar-refractivity contribution in [3.05, 3.63) is 30.3 Å². The monoisotopic (exact) mass is 317 g/mol. The Bertz CT molecular complexity index is 506. The van der Waals surface area contributed by atoms with Crippen molar-refractivity contribution in [2.75, 3.05) is 18.4 Å². The first-order valence-corrected chi connectivity index (χ1v) is 8.55. The highest BCUT2D eigenvalue weighted by Crippen LogP contribution is 2.15. The molecule has 3 amide bonds. The number of amides is 3. The van der Waals surface area contributed by atoms with Crippen molar-refractivity contribution < 1.29 is 9.59 Å². The summed E-state index contributed by atoms with van der Waals surface area (Å²) in [6.45, 7) is 5.44. The maximum Gasteiger partial charge on any atom is 0.321 e. The lowest BCUT2D eigenvalue weighted by atomic mass is 10.00. The fourth-order valence-electron chi connectivity index (χ4n) is 2.93. The lowest BCUT2D eigenvalue weighted by Crippen LogP contribution is -2.48. The van der Waals surface area contributed by atoms with Gasteiger partial charge in [-0.25, -0.2) is 4.79 Å². The first-order chi connectivity index (χ1) is 11.1. The number of anilines is 1. The summed E-state index contributed by atoms with van der Waals surface area (Å²) in [6.07, 6.45) is 3.38. The van der Waals surface area contributed by atoms with Crippen LogP contribution in [0.1, 0.15) is 39.5 Å².